The molecule has 1 fully saturated rings. The van der Waals surface area contributed by atoms with Crippen molar-refractivity contribution in [2.75, 3.05) is 0 Å². The van der Waals surface area contributed by atoms with Crippen molar-refractivity contribution in [2.24, 2.45) is 0 Å². The molecule has 18 heavy (non-hydrogen) atoms. The molecule has 1 aliphatic rings. The number of hydrogen-bond acceptors (Lipinski definition) is 5. The SMILES string of the molecule is C[C@H]1C[C@@H](Oc2cc(F)ccc2[N+](=O)[O-])C(=O)O1. The lowest BCUT2D eigenvalue weighted by atomic mass is 10.2. The number of cyclic esters (lactones) is 1. The van der Waals surface area contributed by atoms with E-state index in [0.717, 1.165) is 18.2 Å². The van der Waals surface area contributed by atoms with Gasteiger partial charge in [0.05, 0.1) is 4.92 Å². The first kappa shape index (κ1) is 12.3. The third kappa shape index (κ3) is 2.39. The van der Waals surface area contributed by atoms with Crippen LogP contribution >= 0.6 is 0 Å². The van der Waals surface area contributed by atoms with Crippen molar-refractivity contribution in [2.45, 2.75) is 25.6 Å². The summed E-state index contributed by atoms with van der Waals surface area (Å²) in [4.78, 5) is 21.4. The largest absolute Gasteiger partial charge is 0.471 e. The highest BCUT2D eigenvalue weighted by molar-refractivity contribution is 5.77. The van der Waals surface area contributed by atoms with Crippen LogP contribution in [0.3, 0.4) is 0 Å². The minimum Gasteiger partial charge on any atom is -0.471 e. The van der Waals surface area contributed by atoms with Gasteiger partial charge in [0, 0.05) is 18.6 Å². The van der Waals surface area contributed by atoms with E-state index >= 15 is 0 Å². The Hall–Kier alpha value is -2.18. The van der Waals surface area contributed by atoms with E-state index in [1.165, 1.54) is 0 Å². The van der Waals surface area contributed by atoms with Crippen LogP contribution in [-0.4, -0.2) is 23.1 Å². The van der Waals surface area contributed by atoms with Gasteiger partial charge in [-0.05, 0) is 13.0 Å². The fourth-order valence-electron chi connectivity index (χ4n) is 1.70. The van der Waals surface area contributed by atoms with Crippen LogP contribution in [0.1, 0.15) is 13.3 Å². The summed E-state index contributed by atoms with van der Waals surface area (Å²) in [5.74, 6) is -1.54. The van der Waals surface area contributed by atoms with Crippen molar-refractivity contribution in [3.63, 3.8) is 0 Å². The Labute approximate surface area is 101 Å². The molecule has 1 heterocycles. The average molecular weight is 255 g/mol. The second kappa shape index (κ2) is 4.59. The molecule has 0 radical (unpaired) electrons. The zero-order chi connectivity index (χ0) is 13.3. The van der Waals surface area contributed by atoms with Gasteiger partial charge >= 0.3 is 11.7 Å². The fourth-order valence-corrected chi connectivity index (χ4v) is 1.70. The van der Waals surface area contributed by atoms with Gasteiger partial charge in [0.15, 0.2) is 6.10 Å². The average Bonchev–Trinajstić information content (AvgIpc) is 2.57. The molecule has 0 aliphatic carbocycles. The molecule has 1 aromatic rings. The van der Waals surface area contributed by atoms with E-state index in [-0.39, 0.29) is 24.0 Å². The standard InChI is InChI=1S/C11H10FNO5/c1-6-4-10(11(14)17-6)18-9-5-7(12)2-3-8(9)13(15)16/h2-3,5-6,10H,4H2,1H3/t6-,10+/m0/s1. The predicted octanol–water partition coefficient (Wildman–Crippen LogP) is 1.82. The summed E-state index contributed by atoms with van der Waals surface area (Å²) in [6, 6.07) is 2.84. The summed E-state index contributed by atoms with van der Waals surface area (Å²) in [5, 5.41) is 10.7. The Bertz CT molecular complexity index is 504. The maximum atomic E-state index is 13.0. The molecule has 2 rings (SSSR count). The van der Waals surface area contributed by atoms with Crippen LogP contribution in [0.2, 0.25) is 0 Å². The monoisotopic (exact) mass is 255 g/mol. The Morgan fingerprint density at radius 2 is 2.28 bits per heavy atom. The second-order valence-corrected chi connectivity index (χ2v) is 3.96. The number of benzene rings is 1. The van der Waals surface area contributed by atoms with E-state index in [0.29, 0.717) is 0 Å². The summed E-state index contributed by atoms with van der Waals surface area (Å²) in [5.41, 5.74) is -0.385. The summed E-state index contributed by atoms with van der Waals surface area (Å²) >= 11 is 0. The molecule has 0 unspecified atom stereocenters. The van der Waals surface area contributed by atoms with E-state index < -0.39 is 22.8 Å². The Morgan fingerprint density at radius 3 is 2.83 bits per heavy atom. The third-order valence-corrected chi connectivity index (χ3v) is 2.51. The van der Waals surface area contributed by atoms with Gasteiger partial charge in [0.25, 0.3) is 0 Å². The number of esters is 1. The van der Waals surface area contributed by atoms with Crippen LogP contribution in [0.4, 0.5) is 10.1 Å². The van der Waals surface area contributed by atoms with E-state index in [9.17, 15) is 19.3 Å². The second-order valence-electron chi connectivity index (χ2n) is 3.96. The van der Waals surface area contributed by atoms with Gasteiger partial charge < -0.3 is 9.47 Å². The molecule has 1 aliphatic heterocycles. The number of nitrogens with zero attached hydrogens (tertiary/aromatic N) is 1. The van der Waals surface area contributed by atoms with Gasteiger partial charge in [-0.2, -0.15) is 0 Å². The van der Waals surface area contributed by atoms with Gasteiger partial charge in [-0.15, -0.1) is 0 Å². The minimum atomic E-state index is -0.930. The van der Waals surface area contributed by atoms with Crippen LogP contribution in [0, 0.1) is 15.9 Å². The van der Waals surface area contributed by atoms with Crippen molar-refractivity contribution >= 4 is 11.7 Å². The highest BCUT2D eigenvalue weighted by Gasteiger charge is 2.35. The number of ether oxygens (including phenoxy) is 2. The Morgan fingerprint density at radius 1 is 1.56 bits per heavy atom. The number of carbonyl (C=O) groups is 1. The van der Waals surface area contributed by atoms with E-state index in [4.69, 9.17) is 9.47 Å². The molecule has 2 atom stereocenters. The predicted molar refractivity (Wildman–Crippen MR) is 57.6 cm³/mol. The molecule has 1 saturated heterocycles. The molecule has 1 aromatic carbocycles. The molecule has 0 N–H and O–H groups in total. The zero-order valence-corrected chi connectivity index (χ0v) is 9.46. The number of carbonyl (C=O) groups excluding carboxylic acids is 1. The molecule has 96 valence electrons. The third-order valence-electron chi connectivity index (χ3n) is 2.51. The van der Waals surface area contributed by atoms with Gasteiger partial charge in [-0.3, -0.25) is 10.1 Å². The van der Waals surface area contributed by atoms with Crippen molar-refractivity contribution in [1.82, 2.24) is 0 Å². The molecule has 7 heteroatoms. The van der Waals surface area contributed by atoms with E-state index in [1.54, 1.807) is 6.92 Å². The lowest BCUT2D eigenvalue weighted by Gasteiger charge is -2.09. The van der Waals surface area contributed by atoms with Gasteiger partial charge in [0.1, 0.15) is 11.9 Å². The van der Waals surface area contributed by atoms with E-state index in [1.807, 2.05) is 0 Å². The molecular formula is C11H10FNO5. The van der Waals surface area contributed by atoms with Crippen LogP contribution in [0.25, 0.3) is 0 Å². The number of nitro benzene ring substituents is 1. The van der Waals surface area contributed by atoms with Gasteiger partial charge in [-0.25, -0.2) is 9.18 Å². The number of hydrogen-bond donors (Lipinski definition) is 0. The number of nitro groups is 1. The molecule has 0 saturated carbocycles. The molecule has 0 aromatic heterocycles. The number of rotatable bonds is 3. The van der Waals surface area contributed by atoms with E-state index in [2.05, 4.69) is 0 Å². The fraction of sp³-hybridized carbons (Fsp3) is 0.364. The van der Waals surface area contributed by atoms with Crippen molar-refractivity contribution in [1.29, 1.82) is 0 Å². The summed E-state index contributed by atoms with van der Waals surface area (Å²) < 4.78 is 23.1. The highest BCUT2D eigenvalue weighted by atomic mass is 19.1. The van der Waals surface area contributed by atoms with Crippen LogP contribution in [-0.2, 0) is 9.53 Å². The van der Waals surface area contributed by atoms with Crippen LogP contribution in [0.15, 0.2) is 18.2 Å². The quantitative estimate of drug-likeness (QED) is 0.467. The maximum absolute atomic E-state index is 13.0. The topological polar surface area (TPSA) is 78.7 Å². The van der Waals surface area contributed by atoms with Crippen LogP contribution in [0.5, 0.6) is 5.75 Å². The molecule has 0 amide bonds. The van der Waals surface area contributed by atoms with Gasteiger partial charge in [-0.1, -0.05) is 0 Å². The summed E-state index contributed by atoms with van der Waals surface area (Å²) in [7, 11) is 0. The summed E-state index contributed by atoms with van der Waals surface area (Å²) in [6.07, 6.45) is -0.956. The van der Waals surface area contributed by atoms with Crippen molar-refractivity contribution in [3.05, 3.63) is 34.1 Å². The lowest BCUT2D eigenvalue weighted by molar-refractivity contribution is -0.386. The Kier molecular flexibility index (Phi) is 3.14. The van der Waals surface area contributed by atoms with Crippen LogP contribution < -0.4 is 4.74 Å². The lowest BCUT2D eigenvalue weighted by Crippen LogP contribution is -2.22. The van der Waals surface area contributed by atoms with Gasteiger partial charge in [0.2, 0.25) is 5.75 Å². The first-order valence-corrected chi connectivity index (χ1v) is 5.28. The van der Waals surface area contributed by atoms with Crippen molar-refractivity contribution < 1.29 is 23.6 Å². The highest BCUT2D eigenvalue weighted by Crippen LogP contribution is 2.30. The molecule has 6 nitrogen and oxygen atoms in total. The normalized spacial score (nSPS) is 22.7. The molecular weight excluding hydrogens is 245 g/mol. The first-order valence-electron chi connectivity index (χ1n) is 5.28. The first-order chi connectivity index (χ1) is 8.47. The molecule has 0 bridgehead atoms. The maximum Gasteiger partial charge on any atom is 0.347 e. The number of halogens is 1. The smallest absolute Gasteiger partial charge is 0.347 e. The minimum absolute atomic E-state index is 0.268. The van der Waals surface area contributed by atoms with Crippen molar-refractivity contribution in [3.8, 4) is 5.75 Å². The Balaban J connectivity index is 2.25. The summed E-state index contributed by atoms with van der Waals surface area (Å²) in [6.45, 7) is 1.68. The zero-order valence-electron chi connectivity index (χ0n) is 9.46. The molecule has 0 spiro atoms.